The molecular weight excluding hydrogens is 174 g/mol. The number of fused-ring (bicyclic) bond motifs is 1. The summed E-state index contributed by atoms with van der Waals surface area (Å²) >= 11 is 0. The predicted octanol–water partition coefficient (Wildman–Crippen LogP) is 2.73. The Kier molecular flexibility index (Phi) is 2.37. The van der Waals surface area contributed by atoms with Crippen LogP contribution in [0.15, 0.2) is 34.9 Å². The van der Waals surface area contributed by atoms with Gasteiger partial charge in [-0.3, -0.25) is 0 Å². The van der Waals surface area contributed by atoms with Gasteiger partial charge in [0.2, 0.25) is 0 Å². The molecule has 2 nitrogen and oxygen atoms in total. The van der Waals surface area contributed by atoms with Gasteiger partial charge >= 0.3 is 0 Å². The lowest BCUT2D eigenvalue weighted by molar-refractivity contribution is 0.615. The van der Waals surface area contributed by atoms with Crippen molar-refractivity contribution in [2.45, 2.75) is 0 Å². The number of rotatable bonds is 0. The van der Waals surface area contributed by atoms with Crippen molar-refractivity contribution in [1.29, 1.82) is 5.26 Å². The molecule has 2 rings (SSSR count). The van der Waals surface area contributed by atoms with Crippen molar-refractivity contribution in [1.82, 2.24) is 0 Å². The van der Waals surface area contributed by atoms with Gasteiger partial charge in [0, 0.05) is 5.39 Å². The highest BCUT2D eigenvalue weighted by molar-refractivity contribution is 5.85. The second-order valence-electron chi connectivity index (χ2n) is 2.26. The fourth-order valence-electron chi connectivity index (χ4n) is 1.08. The second-order valence-corrected chi connectivity index (χ2v) is 2.26. The first-order chi connectivity index (χ1) is 5.42. The molecule has 0 aliphatic heterocycles. The van der Waals surface area contributed by atoms with E-state index in [4.69, 9.17) is 9.68 Å². The molecule has 1 heterocycles. The van der Waals surface area contributed by atoms with Gasteiger partial charge in [0.15, 0.2) is 5.58 Å². The van der Waals surface area contributed by atoms with Gasteiger partial charge < -0.3 is 4.42 Å². The summed E-state index contributed by atoms with van der Waals surface area (Å²) in [5.41, 5.74) is 1.27. The first-order valence-electron chi connectivity index (χ1n) is 3.28. The Morgan fingerprint density at radius 2 is 2.08 bits per heavy atom. The van der Waals surface area contributed by atoms with Crippen molar-refractivity contribution >= 4 is 23.4 Å². The smallest absolute Gasteiger partial charge is 0.151 e. The average Bonchev–Trinajstić information content (AvgIpc) is 2.50. The standard InChI is InChI=1S/C9H5NO.ClH/c10-6-8-3-1-2-7-4-5-11-9(7)8;/h1-5H;1H. The van der Waals surface area contributed by atoms with Gasteiger partial charge in [0.25, 0.3) is 0 Å². The highest BCUT2D eigenvalue weighted by Crippen LogP contribution is 2.18. The van der Waals surface area contributed by atoms with E-state index in [9.17, 15) is 0 Å². The minimum Gasteiger partial charge on any atom is -0.463 e. The molecule has 1 aromatic heterocycles. The van der Waals surface area contributed by atoms with E-state index in [1.54, 1.807) is 12.3 Å². The number of benzene rings is 1. The van der Waals surface area contributed by atoms with Gasteiger partial charge in [0.1, 0.15) is 6.07 Å². The molecule has 0 amide bonds. The Bertz CT molecular complexity index is 427. The van der Waals surface area contributed by atoms with Crippen molar-refractivity contribution in [2.24, 2.45) is 0 Å². The second kappa shape index (κ2) is 3.29. The average molecular weight is 180 g/mol. The molecule has 12 heavy (non-hydrogen) atoms. The van der Waals surface area contributed by atoms with Gasteiger partial charge in [-0.25, -0.2) is 0 Å². The molecule has 0 saturated heterocycles. The van der Waals surface area contributed by atoms with Gasteiger partial charge in [-0.1, -0.05) is 12.1 Å². The van der Waals surface area contributed by atoms with E-state index in [0.29, 0.717) is 11.1 Å². The largest absolute Gasteiger partial charge is 0.463 e. The SMILES string of the molecule is Cl.N#Cc1cccc2ccoc12. The van der Waals surface area contributed by atoms with Crippen LogP contribution in [-0.2, 0) is 0 Å². The summed E-state index contributed by atoms with van der Waals surface area (Å²) in [6, 6.07) is 9.41. The number of hydrogen-bond acceptors (Lipinski definition) is 2. The molecule has 0 bridgehead atoms. The number of hydrogen-bond donors (Lipinski definition) is 0. The summed E-state index contributed by atoms with van der Waals surface area (Å²) in [5, 5.41) is 9.62. The molecule has 60 valence electrons. The van der Waals surface area contributed by atoms with Crippen molar-refractivity contribution in [3.8, 4) is 6.07 Å². The van der Waals surface area contributed by atoms with Crippen LogP contribution in [0.4, 0.5) is 0 Å². The fraction of sp³-hybridized carbons (Fsp3) is 0. The van der Waals surface area contributed by atoms with E-state index in [1.165, 1.54) is 0 Å². The predicted molar refractivity (Wildman–Crippen MR) is 48.2 cm³/mol. The maximum Gasteiger partial charge on any atom is 0.151 e. The van der Waals surface area contributed by atoms with Gasteiger partial charge in [-0.05, 0) is 12.1 Å². The van der Waals surface area contributed by atoms with Crippen LogP contribution in [0.25, 0.3) is 11.0 Å². The summed E-state index contributed by atoms with van der Waals surface area (Å²) in [6.07, 6.45) is 1.59. The van der Waals surface area contributed by atoms with Crippen LogP contribution >= 0.6 is 12.4 Å². The Balaban J connectivity index is 0.000000720. The zero-order valence-corrected chi connectivity index (χ0v) is 6.97. The van der Waals surface area contributed by atoms with Crippen molar-refractivity contribution < 1.29 is 4.42 Å². The van der Waals surface area contributed by atoms with Crippen molar-refractivity contribution in [3.05, 3.63) is 36.1 Å². The Morgan fingerprint density at radius 3 is 2.83 bits per heavy atom. The van der Waals surface area contributed by atoms with Gasteiger partial charge in [-0.15, -0.1) is 12.4 Å². The molecular formula is C9H6ClNO. The summed E-state index contributed by atoms with van der Waals surface area (Å²) in [6.45, 7) is 0. The lowest BCUT2D eigenvalue weighted by Gasteiger charge is -1.88. The van der Waals surface area contributed by atoms with E-state index in [1.807, 2.05) is 18.2 Å². The minimum atomic E-state index is 0. The molecule has 3 heteroatoms. The first-order valence-corrected chi connectivity index (χ1v) is 3.28. The summed E-state index contributed by atoms with van der Waals surface area (Å²) in [4.78, 5) is 0. The van der Waals surface area contributed by atoms with E-state index in [2.05, 4.69) is 6.07 Å². The Morgan fingerprint density at radius 1 is 1.25 bits per heavy atom. The number of halogens is 1. The van der Waals surface area contributed by atoms with Gasteiger partial charge in [0.05, 0.1) is 11.8 Å². The molecule has 0 N–H and O–H groups in total. The molecule has 2 aromatic rings. The highest BCUT2D eigenvalue weighted by Gasteiger charge is 2.00. The molecule has 0 radical (unpaired) electrons. The number of para-hydroxylation sites is 1. The normalized spacial score (nSPS) is 8.92. The molecule has 1 aromatic carbocycles. The summed E-state index contributed by atoms with van der Waals surface area (Å²) in [7, 11) is 0. The summed E-state index contributed by atoms with van der Waals surface area (Å²) < 4.78 is 5.12. The maximum atomic E-state index is 8.64. The third kappa shape index (κ3) is 1.15. The zero-order valence-electron chi connectivity index (χ0n) is 6.15. The molecule has 0 fully saturated rings. The lowest BCUT2D eigenvalue weighted by Crippen LogP contribution is -1.72. The Hall–Kier alpha value is -1.46. The maximum absolute atomic E-state index is 8.64. The lowest BCUT2D eigenvalue weighted by atomic mass is 10.2. The molecule has 0 aliphatic carbocycles. The Labute approximate surface area is 75.8 Å². The van der Waals surface area contributed by atoms with Crippen molar-refractivity contribution in [2.75, 3.05) is 0 Å². The van der Waals surface area contributed by atoms with Crippen LogP contribution in [0.2, 0.25) is 0 Å². The minimum absolute atomic E-state index is 0. The van der Waals surface area contributed by atoms with Gasteiger partial charge in [-0.2, -0.15) is 5.26 Å². The van der Waals surface area contributed by atoms with Crippen LogP contribution in [0.3, 0.4) is 0 Å². The van der Waals surface area contributed by atoms with Crippen LogP contribution in [-0.4, -0.2) is 0 Å². The van der Waals surface area contributed by atoms with Crippen LogP contribution < -0.4 is 0 Å². The molecule has 0 saturated carbocycles. The zero-order chi connectivity index (χ0) is 7.68. The van der Waals surface area contributed by atoms with Crippen molar-refractivity contribution in [3.63, 3.8) is 0 Å². The number of nitriles is 1. The first kappa shape index (κ1) is 8.63. The van der Waals surface area contributed by atoms with E-state index in [-0.39, 0.29) is 12.4 Å². The van der Waals surface area contributed by atoms with E-state index >= 15 is 0 Å². The van der Waals surface area contributed by atoms with Crippen LogP contribution in [0, 0.1) is 11.3 Å². The number of furan rings is 1. The third-order valence-electron chi connectivity index (χ3n) is 1.60. The quantitative estimate of drug-likeness (QED) is 0.624. The van der Waals surface area contributed by atoms with E-state index in [0.717, 1.165) is 5.39 Å². The van der Waals surface area contributed by atoms with Crippen LogP contribution in [0.1, 0.15) is 5.56 Å². The van der Waals surface area contributed by atoms with E-state index < -0.39 is 0 Å². The van der Waals surface area contributed by atoms with Crippen LogP contribution in [0.5, 0.6) is 0 Å². The molecule has 0 unspecified atom stereocenters. The molecule has 0 aliphatic rings. The fourth-order valence-corrected chi connectivity index (χ4v) is 1.08. The number of nitrogens with zero attached hydrogens (tertiary/aromatic N) is 1. The topological polar surface area (TPSA) is 36.9 Å². The third-order valence-corrected chi connectivity index (χ3v) is 1.60. The monoisotopic (exact) mass is 179 g/mol. The summed E-state index contributed by atoms with van der Waals surface area (Å²) in [5.74, 6) is 0. The molecule has 0 spiro atoms. The molecule has 0 atom stereocenters. The highest BCUT2D eigenvalue weighted by atomic mass is 35.5.